The molecule has 2 rings (SSSR count). The van der Waals surface area contributed by atoms with E-state index >= 15 is 0 Å². The maximum Gasteiger partial charge on any atom is 0.238 e. The third-order valence-electron chi connectivity index (χ3n) is 2.79. The second kappa shape index (κ2) is 5.56. The molecular weight excluding hydrogens is 320 g/mol. The van der Waals surface area contributed by atoms with Crippen molar-refractivity contribution in [3.63, 3.8) is 0 Å². The molecule has 18 heavy (non-hydrogen) atoms. The molecule has 1 aromatic rings. The van der Waals surface area contributed by atoms with Crippen LogP contribution in [-0.2, 0) is 14.8 Å². The van der Waals surface area contributed by atoms with Gasteiger partial charge in [-0.2, -0.15) is 0 Å². The first kappa shape index (κ1) is 13.8. The van der Waals surface area contributed by atoms with Gasteiger partial charge in [-0.1, -0.05) is 0 Å². The molecule has 0 aromatic heterocycles. The molecule has 0 bridgehead atoms. The first-order valence-electron chi connectivity index (χ1n) is 5.63. The average molecular weight is 335 g/mol. The zero-order valence-corrected chi connectivity index (χ0v) is 12.1. The van der Waals surface area contributed by atoms with Crippen LogP contribution in [0, 0.1) is 0 Å². The Bertz CT molecular complexity index is 527. The summed E-state index contributed by atoms with van der Waals surface area (Å²) in [4.78, 5) is 0.0971. The molecule has 7 heteroatoms. The number of nitrogens with one attached hydrogen (secondary N) is 1. The Kier molecular flexibility index (Phi) is 4.26. The number of ether oxygens (including phenoxy) is 1. The Morgan fingerprint density at radius 1 is 1.44 bits per heavy atom. The smallest absolute Gasteiger partial charge is 0.238 e. The largest absolute Gasteiger partial charge is 0.379 e. The molecule has 1 aromatic carbocycles. The first-order chi connectivity index (χ1) is 8.47. The summed E-state index contributed by atoms with van der Waals surface area (Å²) in [6.45, 7) is 1.48. The van der Waals surface area contributed by atoms with E-state index in [1.165, 1.54) is 12.1 Å². The highest BCUT2D eigenvalue weighted by molar-refractivity contribution is 9.10. The molecule has 0 radical (unpaired) electrons. The summed E-state index contributed by atoms with van der Waals surface area (Å²) in [5, 5.41) is 8.39. The van der Waals surface area contributed by atoms with Gasteiger partial charge in [0.25, 0.3) is 0 Å². The van der Waals surface area contributed by atoms with Crippen LogP contribution in [0.2, 0.25) is 0 Å². The van der Waals surface area contributed by atoms with E-state index in [1.807, 2.05) is 0 Å². The van der Waals surface area contributed by atoms with Crippen molar-refractivity contribution in [3.8, 4) is 0 Å². The Balaban J connectivity index is 2.14. The van der Waals surface area contributed by atoms with Gasteiger partial charge in [-0.3, -0.25) is 0 Å². The lowest BCUT2D eigenvalue weighted by molar-refractivity contribution is 0.0876. The molecule has 0 saturated carbocycles. The Hall–Kier alpha value is -0.630. The highest BCUT2D eigenvalue weighted by Gasteiger charge is 2.16. The number of sulfonamides is 1. The summed E-state index contributed by atoms with van der Waals surface area (Å²) >= 11 is 3.34. The molecule has 1 fully saturated rings. The van der Waals surface area contributed by atoms with E-state index in [0.29, 0.717) is 11.1 Å². The van der Waals surface area contributed by atoms with Gasteiger partial charge < -0.3 is 10.1 Å². The zero-order chi connectivity index (χ0) is 13.2. The summed E-state index contributed by atoms with van der Waals surface area (Å²) in [6.07, 6.45) is 2.08. The molecule has 100 valence electrons. The van der Waals surface area contributed by atoms with Crippen LogP contribution in [0.5, 0.6) is 0 Å². The normalized spacial score (nSPS) is 20.7. The topological polar surface area (TPSA) is 81.4 Å². The summed E-state index contributed by atoms with van der Waals surface area (Å²) in [7, 11) is -3.66. The van der Waals surface area contributed by atoms with Crippen molar-refractivity contribution in [2.45, 2.75) is 23.8 Å². The Labute approximate surface area is 115 Å². The molecule has 0 spiro atoms. The highest BCUT2D eigenvalue weighted by Crippen LogP contribution is 2.26. The molecule has 1 unspecified atom stereocenters. The molecule has 1 aliphatic rings. The standard InChI is InChI=1S/C11H15BrN2O3S/c12-10-6-9(18(13,15)16)3-4-11(10)14-8-2-1-5-17-7-8/h3-4,6,8,14H,1-2,5,7H2,(H2,13,15,16). The van der Waals surface area contributed by atoms with E-state index in [2.05, 4.69) is 21.2 Å². The van der Waals surface area contributed by atoms with Crippen molar-refractivity contribution in [1.82, 2.24) is 0 Å². The van der Waals surface area contributed by atoms with Gasteiger partial charge in [0, 0.05) is 22.8 Å². The number of hydrogen-bond acceptors (Lipinski definition) is 4. The second-order valence-electron chi connectivity index (χ2n) is 4.25. The number of nitrogens with two attached hydrogens (primary N) is 1. The van der Waals surface area contributed by atoms with Crippen LogP contribution >= 0.6 is 15.9 Å². The van der Waals surface area contributed by atoms with Crippen LogP contribution in [0.1, 0.15) is 12.8 Å². The van der Waals surface area contributed by atoms with Crippen molar-refractivity contribution in [3.05, 3.63) is 22.7 Å². The highest BCUT2D eigenvalue weighted by atomic mass is 79.9. The summed E-state index contributed by atoms with van der Waals surface area (Å²) < 4.78 is 28.5. The van der Waals surface area contributed by atoms with Crippen molar-refractivity contribution in [2.75, 3.05) is 18.5 Å². The van der Waals surface area contributed by atoms with Crippen LogP contribution in [0.3, 0.4) is 0 Å². The molecule has 3 N–H and O–H groups in total. The second-order valence-corrected chi connectivity index (χ2v) is 6.66. The van der Waals surface area contributed by atoms with Crippen molar-refractivity contribution >= 4 is 31.6 Å². The number of hydrogen-bond donors (Lipinski definition) is 2. The molecule has 0 amide bonds. The van der Waals surface area contributed by atoms with E-state index in [0.717, 1.165) is 25.1 Å². The molecule has 1 aliphatic heterocycles. The van der Waals surface area contributed by atoms with Crippen LogP contribution in [-0.4, -0.2) is 27.7 Å². The summed E-state index contributed by atoms with van der Waals surface area (Å²) in [5.74, 6) is 0. The van der Waals surface area contributed by atoms with Crippen molar-refractivity contribution in [2.24, 2.45) is 5.14 Å². The fraction of sp³-hybridized carbons (Fsp3) is 0.455. The minimum Gasteiger partial charge on any atom is -0.379 e. The summed E-state index contributed by atoms with van der Waals surface area (Å²) in [5.41, 5.74) is 0.845. The van der Waals surface area contributed by atoms with Gasteiger partial charge in [0.1, 0.15) is 0 Å². The Morgan fingerprint density at radius 3 is 2.78 bits per heavy atom. The maximum absolute atomic E-state index is 11.2. The number of anilines is 1. The van der Waals surface area contributed by atoms with Gasteiger partial charge in [-0.05, 0) is 47.0 Å². The van der Waals surface area contributed by atoms with Gasteiger partial charge >= 0.3 is 0 Å². The number of halogens is 1. The first-order valence-corrected chi connectivity index (χ1v) is 7.97. The van der Waals surface area contributed by atoms with E-state index in [1.54, 1.807) is 6.07 Å². The molecule has 1 saturated heterocycles. The van der Waals surface area contributed by atoms with Crippen LogP contribution in [0.25, 0.3) is 0 Å². The fourth-order valence-corrected chi connectivity index (χ4v) is 3.05. The molecule has 5 nitrogen and oxygen atoms in total. The summed E-state index contributed by atoms with van der Waals surface area (Å²) in [6, 6.07) is 4.96. The van der Waals surface area contributed by atoms with Gasteiger partial charge in [-0.25, -0.2) is 13.6 Å². The number of benzene rings is 1. The maximum atomic E-state index is 11.2. The van der Waals surface area contributed by atoms with Crippen LogP contribution < -0.4 is 10.5 Å². The molecule has 0 aliphatic carbocycles. The lowest BCUT2D eigenvalue weighted by Crippen LogP contribution is -2.30. The average Bonchev–Trinajstić information content (AvgIpc) is 2.32. The van der Waals surface area contributed by atoms with E-state index in [9.17, 15) is 8.42 Å². The minimum atomic E-state index is -3.66. The molecule has 1 atom stereocenters. The lowest BCUT2D eigenvalue weighted by atomic mass is 10.1. The number of rotatable bonds is 3. The van der Waals surface area contributed by atoms with E-state index in [4.69, 9.17) is 9.88 Å². The van der Waals surface area contributed by atoms with Crippen LogP contribution in [0.4, 0.5) is 5.69 Å². The van der Waals surface area contributed by atoms with Gasteiger partial charge in [0.2, 0.25) is 10.0 Å². The molecule has 1 heterocycles. The minimum absolute atomic E-state index is 0.0971. The van der Waals surface area contributed by atoms with Crippen LogP contribution in [0.15, 0.2) is 27.6 Å². The van der Waals surface area contributed by atoms with E-state index in [-0.39, 0.29) is 10.9 Å². The van der Waals surface area contributed by atoms with Crippen molar-refractivity contribution < 1.29 is 13.2 Å². The lowest BCUT2D eigenvalue weighted by Gasteiger charge is -2.24. The predicted molar refractivity (Wildman–Crippen MR) is 73.0 cm³/mol. The predicted octanol–water partition coefficient (Wildman–Crippen LogP) is 1.69. The number of primary sulfonamides is 1. The Morgan fingerprint density at radius 2 is 2.22 bits per heavy atom. The van der Waals surface area contributed by atoms with Gasteiger partial charge in [0.15, 0.2) is 0 Å². The SMILES string of the molecule is NS(=O)(=O)c1ccc(NC2CCCOC2)c(Br)c1. The third-order valence-corrected chi connectivity index (χ3v) is 4.36. The van der Waals surface area contributed by atoms with E-state index < -0.39 is 10.0 Å². The van der Waals surface area contributed by atoms with Gasteiger partial charge in [0.05, 0.1) is 11.5 Å². The quantitative estimate of drug-likeness (QED) is 0.881. The molecular formula is C11H15BrN2O3S. The van der Waals surface area contributed by atoms with Gasteiger partial charge in [-0.15, -0.1) is 0 Å². The monoisotopic (exact) mass is 334 g/mol. The fourth-order valence-electron chi connectivity index (χ4n) is 1.86. The third kappa shape index (κ3) is 3.44. The van der Waals surface area contributed by atoms with Crippen molar-refractivity contribution in [1.29, 1.82) is 0 Å². The zero-order valence-electron chi connectivity index (χ0n) is 9.73.